The quantitative estimate of drug-likeness (QED) is 0.773. The molecule has 1 heterocycles. The van der Waals surface area contributed by atoms with Gasteiger partial charge >= 0.3 is 6.03 Å². The fourth-order valence-electron chi connectivity index (χ4n) is 1.81. The van der Waals surface area contributed by atoms with E-state index in [4.69, 9.17) is 0 Å². The molecule has 0 bridgehead atoms. The number of aromatic nitrogens is 3. The maximum atomic E-state index is 12.3. The molecule has 1 aromatic rings. The van der Waals surface area contributed by atoms with E-state index in [1.54, 1.807) is 4.90 Å². The summed E-state index contributed by atoms with van der Waals surface area (Å²) in [6.45, 7) is 9.42. The fraction of sp³-hybridized carbons (Fsp3) is 0.769. The van der Waals surface area contributed by atoms with Crippen molar-refractivity contribution in [1.82, 2.24) is 19.7 Å². The van der Waals surface area contributed by atoms with Gasteiger partial charge in [-0.2, -0.15) is 4.68 Å². The summed E-state index contributed by atoms with van der Waals surface area (Å²) in [4.78, 5) is 18.0. The molecule has 0 N–H and O–H groups in total. The lowest BCUT2D eigenvalue weighted by Gasteiger charge is -2.20. The molecule has 0 saturated carbocycles. The number of hydrogen-bond donors (Lipinski definition) is 0. The van der Waals surface area contributed by atoms with Gasteiger partial charge in [-0.1, -0.05) is 27.7 Å². The molecule has 1 aromatic heterocycles. The molecule has 0 spiro atoms. The minimum Gasteiger partial charge on any atom is -0.323 e. The van der Waals surface area contributed by atoms with E-state index in [0.717, 1.165) is 12.8 Å². The Balaban J connectivity index is 2.79. The molecule has 1 atom stereocenters. The fourth-order valence-corrected chi connectivity index (χ4v) is 2.91. The van der Waals surface area contributed by atoms with E-state index in [9.17, 15) is 9.00 Å². The summed E-state index contributed by atoms with van der Waals surface area (Å²) in [5.74, 6) is 0.807. The van der Waals surface area contributed by atoms with Crippen molar-refractivity contribution in [2.24, 2.45) is 5.92 Å². The molecule has 0 aliphatic rings. The van der Waals surface area contributed by atoms with Crippen molar-refractivity contribution >= 4 is 16.8 Å². The molecule has 7 heteroatoms. The summed E-state index contributed by atoms with van der Waals surface area (Å²) in [7, 11) is -1.24. The van der Waals surface area contributed by atoms with Crippen molar-refractivity contribution in [3.63, 3.8) is 0 Å². The van der Waals surface area contributed by atoms with E-state index in [1.807, 2.05) is 27.7 Å². The Bertz CT molecular complexity index is 453. The highest BCUT2D eigenvalue weighted by molar-refractivity contribution is 7.84. The highest BCUT2D eigenvalue weighted by Crippen LogP contribution is 2.05. The van der Waals surface area contributed by atoms with Gasteiger partial charge in [-0.25, -0.2) is 9.78 Å². The zero-order valence-corrected chi connectivity index (χ0v) is 13.5. The summed E-state index contributed by atoms with van der Waals surface area (Å²) >= 11 is 0. The first-order valence-corrected chi connectivity index (χ1v) is 8.40. The van der Waals surface area contributed by atoms with E-state index in [0.29, 0.717) is 24.8 Å². The van der Waals surface area contributed by atoms with Crippen molar-refractivity contribution in [1.29, 1.82) is 0 Å². The minimum atomic E-state index is -1.24. The minimum absolute atomic E-state index is 0.200. The number of amides is 1. The van der Waals surface area contributed by atoms with Crippen molar-refractivity contribution < 1.29 is 9.00 Å². The van der Waals surface area contributed by atoms with Crippen molar-refractivity contribution in [2.75, 3.05) is 18.8 Å². The molecular formula is C13H24N4O2S. The van der Waals surface area contributed by atoms with Crippen LogP contribution in [0.4, 0.5) is 4.79 Å². The molecule has 0 aromatic carbocycles. The van der Waals surface area contributed by atoms with E-state index < -0.39 is 10.8 Å². The molecule has 6 nitrogen and oxygen atoms in total. The van der Waals surface area contributed by atoms with Crippen LogP contribution in [-0.4, -0.2) is 48.7 Å². The lowest BCUT2D eigenvalue weighted by molar-refractivity contribution is 0.196. The number of carbonyl (C=O) groups excluding carboxylic acids is 1. The van der Waals surface area contributed by atoms with Gasteiger partial charge in [0.1, 0.15) is 6.33 Å². The van der Waals surface area contributed by atoms with E-state index in [-0.39, 0.29) is 11.2 Å². The second-order valence-corrected chi connectivity index (χ2v) is 6.54. The molecule has 1 rings (SSSR count). The highest BCUT2D eigenvalue weighted by atomic mass is 32.2. The standard InChI is InChI=1S/C13H24N4O2S/c1-5-7-16(8-6-2)13(18)17-10-14-12(15-17)20(19)9-11(3)4/h10-11H,5-9H2,1-4H3. The number of nitrogens with zero attached hydrogens (tertiary/aromatic N) is 4. The van der Waals surface area contributed by atoms with Gasteiger partial charge in [-0.15, -0.1) is 5.10 Å². The van der Waals surface area contributed by atoms with Crippen LogP contribution in [0.5, 0.6) is 0 Å². The summed E-state index contributed by atoms with van der Waals surface area (Å²) < 4.78 is 13.2. The summed E-state index contributed by atoms with van der Waals surface area (Å²) in [5, 5.41) is 4.30. The van der Waals surface area contributed by atoms with Crippen molar-refractivity contribution in [3.8, 4) is 0 Å². The second-order valence-electron chi connectivity index (χ2n) is 5.15. The molecule has 0 aliphatic heterocycles. The SMILES string of the molecule is CCCN(CCC)C(=O)n1cnc(S(=O)CC(C)C)n1. The molecule has 1 amide bonds. The Morgan fingerprint density at radius 1 is 1.35 bits per heavy atom. The van der Waals surface area contributed by atoms with Crippen LogP contribution in [0.3, 0.4) is 0 Å². The second kappa shape index (κ2) is 8.14. The normalized spacial score (nSPS) is 12.7. The Morgan fingerprint density at radius 2 is 1.95 bits per heavy atom. The molecule has 20 heavy (non-hydrogen) atoms. The van der Waals surface area contributed by atoms with E-state index >= 15 is 0 Å². The third-order valence-corrected chi connectivity index (χ3v) is 4.18. The molecule has 0 aliphatic carbocycles. The molecule has 1 unspecified atom stereocenters. The predicted molar refractivity (Wildman–Crippen MR) is 79.1 cm³/mol. The van der Waals surface area contributed by atoms with Gasteiger partial charge in [-0.3, -0.25) is 4.21 Å². The van der Waals surface area contributed by atoms with Gasteiger partial charge in [-0.05, 0) is 18.8 Å². The van der Waals surface area contributed by atoms with Crippen LogP contribution in [0.2, 0.25) is 0 Å². The summed E-state index contributed by atoms with van der Waals surface area (Å²) in [6.07, 6.45) is 3.15. The monoisotopic (exact) mass is 300 g/mol. The number of rotatable bonds is 7. The van der Waals surface area contributed by atoms with E-state index in [1.165, 1.54) is 11.0 Å². The Labute approximate surface area is 123 Å². The summed E-state index contributed by atoms with van der Waals surface area (Å²) in [5.41, 5.74) is 0. The highest BCUT2D eigenvalue weighted by Gasteiger charge is 2.18. The van der Waals surface area contributed by atoms with Gasteiger partial charge in [0.15, 0.2) is 0 Å². The van der Waals surface area contributed by atoms with Gasteiger partial charge in [0, 0.05) is 18.8 Å². The Kier molecular flexibility index (Phi) is 6.84. The molecule has 0 saturated heterocycles. The molecule has 0 fully saturated rings. The Morgan fingerprint density at radius 3 is 2.45 bits per heavy atom. The van der Waals surface area contributed by atoms with Crippen LogP contribution in [0.1, 0.15) is 40.5 Å². The maximum Gasteiger partial charge on any atom is 0.346 e. The first-order chi connectivity index (χ1) is 9.49. The largest absolute Gasteiger partial charge is 0.346 e. The lowest BCUT2D eigenvalue weighted by atomic mass is 10.3. The maximum absolute atomic E-state index is 12.3. The van der Waals surface area contributed by atoms with Crippen LogP contribution in [0, 0.1) is 5.92 Å². The smallest absolute Gasteiger partial charge is 0.323 e. The van der Waals surface area contributed by atoms with Crippen LogP contribution >= 0.6 is 0 Å². The number of carbonyl (C=O) groups is 1. The van der Waals surface area contributed by atoms with Crippen LogP contribution in [-0.2, 0) is 10.8 Å². The van der Waals surface area contributed by atoms with Crippen LogP contribution in [0.25, 0.3) is 0 Å². The third kappa shape index (κ3) is 4.70. The zero-order valence-electron chi connectivity index (χ0n) is 12.7. The third-order valence-electron chi connectivity index (χ3n) is 2.61. The van der Waals surface area contributed by atoms with Gasteiger partial charge in [0.25, 0.3) is 0 Å². The first kappa shape index (κ1) is 16.8. The first-order valence-electron chi connectivity index (χ1n) is 7.08. The number of hydrogen-bond acceptors (Lipinski definition) is 4. The molecular weight excluding hydrogens is 276 g/mol. The van der Waals surface area contributed by atoms with Gasteiger partial charge in [0.05, 0.1) is 10.8 Å². The van der Waals surface area contributed by atoms with E-state index in [2.05, 4.69) is 10.1 Å². The average Bonchev–Trinajstić information content (AvgIpc) is 2.86. The Hall–Kier alpha value is -1.24. The lowest BCUT2D eigenvalue weighted by Crippen LogP contribution is -2.36. The zero-order chi connectivity index (χ0) is 15.1. The molecule has 114 valence electrons. The van der Waals surface area contributed by atoms with Gasteiger partial charge in [0.2, 0.25) is 5.16 Å². The topological polar surface area (TPSA) is 68.1 Å². The van der Waals surface area contributed by atoms with Gasteiger partial charge < -0.3 is 4.90 Å². The molecule has 0 radical (unpaired) electrons. The van der Waals surface area contributed by atoms with Crippen LogP contribution < -0.4 is 0 Å². The van der Waals surface area contributed by atoms with Crippen molar-refractivity contribution in [3.05, 3.63) is 6.33 Å². The van der Waals surface area contributed by atoms with Crippen LogP contribution in [0.15, 0.2) is 11.5 Å². The van der Waals surface area contributed by atoms with Crippen molar-refractivity contribution in [2.45, 2.75) is 45.7 Å². The summed E-state index contributed by atoms with van der Waals surface area (Å²) in [6, 6.07) is -0.200. The predicted octanol–water partition coefficient (Wildman–Crippen LogP) is 2.13. The average molecular weight is 300 g/mol.